The Hall–Kier alpha value is -3.10. The van der Waals surface area contributed by atoms with Crippen LogP contribution in [0, 0.1) is 5.21 Å². The lowest BCUT2D eigenvalue weighted by atomic mass is 10.2. The Bertz CT molecular complexity index is 1120. The minimum Gasteiger partial charge on any atom is -0.618 e. The number of hydrogen-bond donors (Lipinski definition) is 0. The molecule has 0 radical (unpaired) electrons. The van der Waals surface area contributed by atoms with Crippen LogP contribution in [0.5, 0.6) is 5.75 Å². The van der Waals surface area contributed by atoms with Gasteiger partial charge in [-0.15, -0.1) is 0 Å². The number of nitrogens with zero attached hydrogens (tertiary/aromatic N) is 2. The van der Waals surface area contributed by atoms with Gasteiger partial charge in [-0.1, -0.05) is 23.2 Å². The second-order valence-corrected chi connectivity index (χ2v) is 6.80. The van der Waals surface area contributed by atoms with Crippen LogP contribution in [0.15, 0.2) is 36.4 Å². The highest BCUT2D eigenvalue weighted by atomic mass is 35.5. The monoisotopic (exact) mass is 450 g/mol. The van der Waals surface area contributed by atoms with Crippen molar-refractivity contribution >= 4 is 46.2 Å². The van der Waals surface area contributed by atoms with E-state index >= 15 is 0 Å². The molecule has 0 aliphatic rings. The van der Waals surface area contributed by atoms with Gasteiger partial charge in [-0.05, 0) is 37.3 Å². The summed E-state index contributed by atoms with van der Waals surface area (Å²) < 4.78 is 15.6. The summed E-state index contributed by atoms with van der Waals surface area (Å²) >= 11 is 12.0. The Morgan fingerprint density at radius 1 is 1.10 bits per heavy atom. The molecule has 1 aromatic heterocycles. The Kier molecular flexibility index (Phi) is 6.59. The number of fused-ring (bicyclic) bond motifs is 1. The number of benzene rings is 2. The summed E-state index contributed by atoms with van der Waals surface area (Å²) in [6.07, 6.45) is 0. The summed E-state index contributed by atoms with van der Waals surface area (Å²) in [5.41, 5.74) is -0.0286. The molecule has 10 heteroatoms. The normalized spacial score (nSPS) is 10.7. The molecule has 8 nitrogen and oxygen atoms in total. The van der Waals surface area contributed by atoms with E-state index in [1.165, 1.54) is 24.3 Å². The largest absolute Gasteiger partial charge is 0.618 e. The molecule has 0 saturated carbocycles. The van der Waals surface area contributed by atoms with Crippen molar-refractivity contribution in [2.45, 2.75) is 13.5 Å². The van der Waals surface area contributed by atoms with E-state index in [9.17, 15) is 14.8 Å². The molecule has 3 rings (SSSR count). The van der Waals surface area contributed by atoms with E-state index in [-0.39, 0.29) is 32.3 Å². The summed E-state index contributed by atoms with van der Waals surface area (Å²) in [7, 11) is 1.12. The molecule has 0 atom stereocenters. The van der Waals surface area contributed by atoms with E-state index in [4.69, 9.17) is 32.7 Å². The van der Waals surface area contributed by atoms with Gasteiger partial charge in [-0.2, -0.15) is 4.73 Å². The van der Waals surface area contributed by atoms with E-state index in [1.807, 2.05) is 6.92 Å². The second kappa shape index (κ2) is 9.15. The lowest BCUT2D eigenvalue weighted by Gasteiger charge is -2.11. The van der Waals surface area contributed by atoms with Crippen molar-refractivity contribution in [2.24, 2.45) is 0 Å². The highest BCUT2D eigenvalue weighted by Gasteiger charge is 2.28. The second-order valence-electron chi connectivity index (χ2n) is 5.98. The SMILES string of the molecule is CCOc1ccc(C(=O)OCc2nc3cc(Cl)c(Cl)cc3[n+]([O-])c2C(=O)OC)cc1. The number of carbonyl (C=O) groups excluding carboxylic acids is 2. The summed E-state index contributed by atoms with van der Waals surface area (Å²) in [5, 5.41) is 13.1. The number of ether oxygens (including phenoxy) is 3. The molecule has 1 heterocycles. The van der Waals surface area contributed by atoms with Crippen molar-refractivity contribution < 1.29 is 28.5 Å². The highest BCUT2D eigenvalue weighted by molar-refractivity contribution is 6.42. The van der Waals surface area contributed by atoms with Crippen LogP contribution in [0.4, 0.5) is 0 Å². The van der Waals surface area contributed by atoms with Crippen LogP contribution >= 0.6 is 23.2 Å². The number of methoxy groups -OCH3 is 1. The first kappa shape index (κ1) is 21.6. The molecule has 0 bridgehead atoms. The topological polar surface area (TPSA) is 102 Å². The van der Waals surface area contributed by atoms with Crippen molar-refractivity contribution in [3.63, 3.8) is 0 Å². The summed E-state index contributed by atoms with van der Waals surface area (Å²) in [5.74, 6) is -0.985. The van der Waals surface area contributed by atoms with E-state index in [2.05, 4.69) is 9.72 Å². The minimum absolute atomic E-state index is 0.0198. The van der Waals surface area contributed by atoms with Gasteiger partial charge in [0, 0.05) is 6.07 Å². The number of aromatic nitrogens is 2. The van der Waals surface area contributed by atoms with E-state index in [1.54, 1.807) is 12.1 Å². The first-order chi connectivity index (χ1) is 14.3. The molecule has 0 unspecified atom stereocenters. The predicted octanol–water partition coefficient (Wildman–Crippen LogP) is 3.72. The third kappa shape index (κ3) is 4.39. The average Bonchev–Trinajstić information content (AvgIpc) is 2.74. The Morgan fingerprint density at radius 3 is 2.40 bits per heavy atom. The zero-order valence-electron chi connectivity index (χ0n) is 16.0. The predicted molar refractivity (Wildman–Crippen MR) is 109 cm³/mol. The van der Waals surface area contributed by atoms with Gasteiger partial charge >= 0.3 is 17.6 Å². The number of halogens is 2. The summed E-state index contributed by atoms with van der Waals surface area (Å²) in [6.45, 7) is 1.91. The van der Waals surface area contributed by atoms with Crippen LogP contribution in [0.25, 0.3) is 11.0 Å². The highest BCUT2D eigenvalue weighted by Crippen LogP contribution is 2.26. The van der Waals surface area contributed by atoms with Crippen LogP contribution in [0.1, 0.15) is 33.5 Å². The maximum absolute atomic E-state index is 12.7. The number of hydrogen-bond acceptors (Lipinski definition) is 7. The van der Waals surface area contributed by atoms with Crippen LogP contribution in [-0.4, -0.2) is 30.6 Å². The molecule has 0 aliphatic carbocycles. The maximum Gasteiger partial charge on any atom is 0.406 e. The fourth-order valence-corrected chi connectivity index (χ4v) is 3.00. The van der Waals surface area contributed by atoms with Gasteiger partial charge in [0.2, 0.25) is 5.52 Å². The van der Waals surface area contributed by atoms with Crippen molar-refractivity contribution in [2.75, 3.05) is 13.7 Å². The molecular weight excluding hydrogens is 435 g/mol. The molecule has 0 spiro atoms. The molecule has 30 heavy (non-hydrogen) atoms. The van der Waals surface area contributed by atoms with E-state index in [0.717, 1.165) is 7.11 Å². The summed E-state index contributed by atoms with van der Waals surface area (Å²) in [6, 6.07) is 9.01. The van der Waals surface area contributed by atoms with Gasteiger partial charge in [0.25, 0.3) is 0 Å². The first-order valence-electron chi connectivity index (χ1n) is 8.75. The molecule has 0 fully saturated rings. The van der Waals surface area contributed by atoms with Crippen LogP contribution < -0.4 is 9.47 Å². The maximum atomic E-state index is 12.7. The molecular formula is C20H16Cl2N2O6. The standard InChI is InChI=1S/C20H16Cl2N2O6/c1-3-29-12-6-4-11(5-7-12)19(25)30-10-16-18(20(26)28-2)24(27)17-9-14(22)13(21)8-15(17)23-16/h4-9H,3,10H2,1-2H3. The first-order valence-corrected chi connectivity index (χ1v) is 9.50. The molecule has 156 valence electrons. The number of rotatable bonds is 6. The Labute approximate surface area is 181 Å². The van der Waals surface area contributed by atoms with Gasteiger partial charge in [-0.25, -0.2) is 14.6 Å². The van der Waals surface area contributed by atoms with Crippen molar-refractivity contribution in [3.8, 4) is 5.75 Å². The molecule has 2 aromatic carbocycles. The smallest absolute Gasteiger partial charge is 0.406 e. The van der Waals surface area contributed by atoms with Gasteiger partial charge in [0.15, 0.2) is 5.69 Å². The molecule has 0 saturated heterocycles. The lowest BCUT2D eigenvalue weighted by Crippen LogP contribution is -2.38. The van der Waals surface area contributed by atoms with Crippen LogP contribution in [0.3, 0.4) is 0 Å². The molecule has 3 aromatic rings. The van der Waals surface area contributed by atoms with E-state index in [0.29, 0.717) is 17.1 Å². The third-order valence-corrected chi connectivity index (χ3v) is 4.81. The molecule has 0 amide bonds. The van der Waals surface area contributed by atoms with E-state index < -0.39 is 24.2 Å². The van der Waals surface area contributed by atoms with Crippen molar-refractivity contribution in [1.82, 2.24) is 4.98 Å². The molecule has 0 N–H and O–H groups in total. The minimum atomic E-state index is -0.933. The van der Waals surface area contributed by atoms with Gasteiger partial charge in [-0.3, -0.25) is 0 Å². The fourth-order valence-electron chi connectivity index (χ4n) is 2.68. The molecule has 0 aliphatic heterocycles. The lowest BCUT2D eigenvalue weighted by molar-refractivity contribution is -0.581. The van der Waals surface area contributed by atoms with Crippen molar-refractivity contribution in [1.29, 1.82) is 0 Å². The van der Waals surface area contributed by atoms with Gasteiger partial charge in [0.05, 0.1) is 29.3 Å². The number of carbonyl (C=O) groups is 2. The quantitative estimate of drug-likeness (QED) is 0.320. The Morgan fingerprint density at radius 2 is 1.77 bits per heavy atom. The Balaban J connectivity index is 1.93. The van der Waals surface area contributed by atoms with Crippen molar-refractivity contribution in [3.05, 3.63) is 68.6 Å². The fraction of sp³-hybridized carbons (Fsp3) is 0.200. The van der Waals surface area contributed by atoms with Gasteiger partial charge in [0.1, 0.15) is 17.9 Å². The van der Waals surface area contributed by atoms with Crippen LogP contribution in [0.2, 0.25) is 10.0 Å². The summed E-state index contributed by atoms with van der Waals surface area (Å²) in [4.78, 5) is 28.8. The average molecular weight is 451 g/mol. The van der Waals surface area contributed by atoms with Crippen LogP contribution in [-0.2, 0) is 16.1 Å². The zero-order chi connectivity index (χ0) is 21.8. The zero-order valence-corrected chi connectivity index (χ0v) is 17.5. The third-order valence-electron chi connectivity index (χ3n) is 4.09. The number of esters is 2. The van der Waals surface area contributed by atoms with Gasteiger partial charge < -0.3 is 19.4 Å².